The average Bonchev–Trinajstić information content (AvgIpc) is 3.58. The number of fused-ring (bicyclic) bond motifs is 5. The van der Waals surface area contributed by atoms with E-state index in [0.29, 0.717) is 5.82 Å². The van der Waals surface area contributed by atoms with Crippen molar-refractivity contribution in [3.8, 4) is 56.2 Å². The first-order chi connectivity index (χ1) is 25.2. The quantitative estimate of drug-likeness (QED) is 0.186. The molecule has 0 amide bonds. The van der Waals surface area contributed by atoms with Gasteiger partial charge in [-0.05, 0) is 92.3 Å². The van der Waals surface area contributed by atoms with Crippen molar-refractivity contribution < 1.29 is 4.42 Å². The van der Waals surface area contributed by atoms with E-state index in [0.717, 1.165) is 72.1 Å². The fourth-order valence-electron chi connectivity index (χ4n) is 7.29. The van der Waals surface area contributed by atoms with Gasteiger partial charge in [-0.25, -0.2) is 9.97 Å². The Morgan fingerprint density at radius 1 is 0.314 bits per heavy atom. The summed E-state index contributed by atoms with van der Waals surface area (Å²) in [4.78, 5) is 10.4. The van der Waals surface area contributed by atoms with Crippen LogP contribution in [-0.4, -0.2) is 9.97 Å². The Bertz CT molecular complexity index is 2920. The van der Waals surface area contributed by atoms with Gasteiger partial charge in [-0.15, -0.1) is 0 Å². The van der Waals surface area contributed by atoms with Crippen LogP contribution in [0.5, 0.6) is 0 Å². The van der Waals surface area contributed by atoms with Gasteiger partial charge in [-0.2, -0.15) is 0 Å². The molecule has 0 radical (unpaired) electrons. The van der Waals surface area contributed by atoms with Crippen LogP contribution in [-0.2, 0) is 0 Å². The van der Waals surface area contributed by atoms with E-state index < -0.39 is 0 Å². The maximum Gasteiger partial charge on any atom is 0.160 e. The van der Waals surface area contributed by atoms with Crippen molar-refractivity contribution in [1.29, 1.82) is 0 Å². The number of para-hydroxylation sites is 1. The highest BCUT2D eigenvalue weighted by atomic mass is 16.3. The summed E-state index contributed by atoms with van der Waals surface area (Å²) in [5.41, 5.74) is 11.1. The van der Waals surface area contributed by atoms with E-state index >= 15 is 0 Å². The van der Waals surface area contributed by atoms with Crippen molar-refractivity contribution in [2.45, 2.75) is 0 Å². The summed E-state index contributed by atoms with van der Waals surface area (Å²) in [6, 6.07) is 64.1. The Balaban J connectivity index is 1.22. The van der Waals surface area contributed by atoms with Gasteiger partial charge in [0.05, 0.1) is 11.4 Å². The zero-order valence-corrected chi connectivity index (χ0v) is 27.6. The molecule has 0 atom stereocenters. The lowest BCUT2D eigenvalue weighted by Gasteiger charge is -2.14. The summed E-state index contributed by atoms with van der Waals surface area (Å²) in [5.74, 6) is 0.695. The Morgan fingerprint density at radius 2 is 0.961 bits per heavy atom. The molecular weight excluding hydrogens is 621 g/mol. The molecule has 0 fully saturated rings. The van der Waals surface area contributed by atoms with Gasteiger partial charge in [0.1, 0.15) is 11.2 Å². The minimum absolute atomic E-state index is 0.695. The minimum Gasteiger partial charge on any atom is -0.456 e. The summed E-state index contributed by atoms with van der Waals surface area (Å²) < 4.78 is 6.20. The van der Waals surface area contributed by atoms with E-state index in [-0.39, 0.29) is 0 Å². The van der Waals surface area contributed by atoms with E-state index in [1.807, 2.05) is 18.2 Å². The highest BCUT2D eigenvalue weighted by Crippen LogP contribution is 2.39. The maximum absolute atomic E-state index is 6.20. The summed E-state index contributed by atoms with van der Waals surface area (Å²) in [6.45, 7) is 0. The van der Waals surface area contributed by atoms with Crippen LogP contribution in [0.2, 0.25) is 0 Å². The number of hydrogen-bond acceptors (Lipinski definition) is 3. The molecule has 0 spiro atoms. The number of benzene rings is 8. The molecule has 0 saturated carbocycles. The lowest BCUT2D eigenvalue weighted by Crippen LogP contribution is -1.97. The molecule has 0 aliphatic carbocycles. The third-order valence-corrected chi connectivity index (χ3v) is 9.84. The average molecular weight is 651 g/mol. The van der Waals surface area contributed by atoms with Gasteiger partial charge in [0.15, 0.2) is 5.82 Å². The monoisotopic (exact) mass is 650 g/mol. The molecule has 10 rings (SSSR count). The molecule has 0 aliphatic rings. The van der Waals surface area contributed by atoms with E-state index in [1.54, 1.807) is 0 Å². The summed E-state index contributed by atoms with van der Waals surface area (Å²) in [5, 5.41) is 6.99. The second-order valence-electron chi connectivity index (χ2n) is 13.0. The number of nitrogens with zero attached hydrogens (tertiary/aromatic N) is 2. The molecule has 8 aromatic carbocycles. The van der Waals surface area contributed by atoms with Crippen LogP contribution >= 0.6 is 0 Å². The van der Waals surface area contributed by atoms with Crippen LogP contribution in [0, 0.1) is 0 Å². The van der Waals surface area contributed by atoms with E-state index in [4.69, 9.17) is 14.4 Å². The normalized spacial score (nSPS) is 11.5. The molecular formula is C48H30N2O. The predicted molar refractivity (Wildman–Crippen MR) is 212 cm³/mol. The molecule has 10 aromatic rings. The van der Waals surface area contributed by atoms with Gasteiger partial charge in [0, 0.05) is 27.5 Å². The topological polar surface area (TPSA) is 38.9 Å². The second-order valence-corrected chi connectivity index (χ2v) is 13.0. The zero-order chi connectivity index (χ0) is 33.7. The fourth-order valence-corrected chi connectivity index (χ4v) is 7.29. The number of hydrogen-bond donors (Lipinski definition) is 0. The van der Waals surface area contributed by atoms with E-state index in [2.05, 4.69) is 164 Å². The largest absolute Gasteiger partial charge is 0.456 e. The highest BCUT2D eigenvalue weighted by molar-refractivity contribution is 6.06. The predicted octanol–water partition coefficient (Wildman–Crippen LogP) is 13.0. The Morgan fingerprint density at radius 3 is 1.84 bits per heavy atom. The zero-order valence-electron chi connectivity index (χ0n) is 27.6. The van der Waals surface area contributed by atoms with Gasteiger partial charge in [0.25, 0.3) is 0 Å². The second kappa shape index (κ2) is 11.9. The van der Waals surface area contributed by atoms with Crippen molar-refractivity contribution in [2.75, 3.05) is 0 Å². The van der Waals surface area contributed by atoms with Crippen molar-refractivity contribution >= 4 is 43.5 Å². The van der Waals surface area contributed by atoms with Crippen molar-refractivity contribution in [3.05, 3.63) is 182 Å². The fraction of sp³-hybridized carbons (Fsp3) is 0. The van der Waals surface area contributed by atoms with Gasteiger partial charge in [-0.3, -0.25) is 0 Å². The summed E-state index contributed by atoms with van der Waals surface area (Å²) in [7, 11) is 0. The first-order valence-corrected chi connectivity index (χ1v) is 17.2. The van der Waals surface area contributed by atoms with Gasteiger partial charge in [0.2, 0.25) is 0 Å². The molecule has 51 heavy (non-hydrogen) atoms. The maximum atomic E-state index is 6.20. The van der Waals surface area contributed by atoms with Gasteiger partial charge in [-0.1, -0.05) is 133 Å². The highest BCUT2D eigenvalue weighted by Gasteiger charge is 2.16. The third-order valence-electron chi connectivity index (χ3n) is 9.84. The molecule has 2 aromatic heterocycles. The lowest BCUT2D eigenvalue weighted by molar-refractivity contribution is 0.669. The van der Waals surface area contributed by atoms with Crippen molar-refractivity contribution in [2.24, 2.45) is 0 Å². The van der Waals surface area contributed by atoms with Crippen molar-refractivity contribution in [3.63, 3.8) is 0 Å². The molecule has 238 valence electrons. The summed E-state index contributed by atoms with van der Waals surface area (Å²) in [6.07, 6.45) is 0. The van der Waals surface area contributed by atoms with E-state index in [1.165, 1.54) is 21.7 Å². The molecule has 2 heterocycles. The van der Waals surface area contributed by atoms with E-state index in [9.17, 15) is 0 Å². The Kier molecular flexibility index (Phi) is 6.81. The van der Waals surface area contributed by atoms with Crippen molar-refractivity contribution in [1.82, 2.24) is 9.97 Å². The Hall–Kier alpha value is -6.84. The van der Waals surface area contributed by atoms with Gasteiger partial charge < -0.3 is 4.42 Å². The molecule has 3 heteroatoms. The van der Waals surface area contributed by atoms with Crippen LogP contribution in [0.25, 0.3) is 99.6 Å². The van der Waals surface area contributed by atoms with Crippen LogP contribution in [0.4, 0.5) is 0 Å². The van der Waals surface area contributed by atoms with Crippen LogP contribution < -0.4 is 0 Å². The smallest absolute Gasteiger partial charge is 0.160 e. The molecule has 0 saturated heterocycles. The first kappa shape index (κ1) is 29.1. The molecule has 0 N–H and O–H groups in total. The molecule has 0 unspecified atom stereocenters. The third kappa shape index (κ3) is 5.24. The standard InChI is InChI=1S/C48H30N2O/c1-2-13-33(14-3-1)44-30-45(50-48(49-44)36-22-21-31-11-4-5-15-34(31)25-36)39-27-37(26-38(28-39)41-19-10-16-32-12-6-7-17-40(32)41)35-23-24-47-43(29-35)42-18-8-9-20-46(42)51-47/h1-30H. The lowest BCUT2D eigenvalue weighted by atomic mass is 9.91. The SMILES string of the molecule is c1ccc(-c2cc(-c3cc(-c4ccc5oc6ccccc6c5c4)cc(-c4cccc5ccccc45)c3)nc(-c3ccc4ccccc4c3)n2)cc1. The number of furan rings is 1. The first-order valence-electron chi connectivity index (χ1n) is 17.2. The molecule has 3 nitrogen and oxygen atoms in total. The van der Waals surface area contributed by atoms with Gasteiger partial charge >= 0.3 is 0 Å². The van der Waals surface area contributed by atoms with Crippen LogP contribution in [0.15, 0.2) is 186 Å². The minimum atomic E-state index is 0.695. The summed E-state index contributed by atoms with van der Waals surface area (Å²) >= 11 is 0. The molecule has 0 aliphatic heterocycles. The van der Waals surface area contributed by atoms with Crippen LogP contribution in [0.1, 0.15) is 0 Å². The number of aromatic nitrogens is 2. The number of rotatable bonds is 5. The Labute approximate surface area is 295 Å². The molecule has 0 bridgehead atoms. The van der Waals surface area contributed by atoms with Crippen LogP contribution in [0.3, 0.4) is 0 Å².